The Labute approximate surface area is 889 Å². The fourth-order valence-corrected chi connectivity index (χ4v) is 25.6. The van der Waals surface area contributed by atoms with Gasteiger partial charge >= 0.3 is 35.8 Å². The lowest BCUT2D eigenvalue weighted by molar-refractivity contribution is -0.157. The summed E-state index contributed by atoms with van der Waals surface area (Å²) in [6, 6.07) is 17.8. The van der Waals surface area contributed by atoms with Crippen LogP contribution in [0.4, 0.5) is 0 Å². The van der Waals surface area contributed by atoms with Crippen LogP contribution in [0.15, 0.2) is 59.4 Å². The second-order valence-electron chi connectivity index (χ2n) is 47.2. The summed E-state index contributed by atoms with van der Waals surface area (Å²) in [4.78, 5) is 190. The number of esters is 5. The minimum Gasteiger partial charge on any atom is -0.495 e. The number of H-pyrrole nitrogens is 1. The second kappa shape index (κ2) is 44.9. The van der Waals surface area contributed by atoms with Crippen LogP contribution >= 0.6 is 34.8 Å². The van der Waals surface area contributed by atoms with Crippen LogP contribution < -0.4 is 29.1 Å². The quantitative estimate of drug-likeness (QED) is 0.0280. The maximum atomic E-state index is 14.6. The van der Waals surface area contributed by atoms with E-state index in [1.165, 1.54) is 82.8 Å². The smallest absolute Gasteiger partial charge is 0.312 e. The Morgan fingerprint density at radius 1 is 0.433 bits per heavy atom. The van der Waals surface area contributed by atoms with Gasteiger partial charge in [-0.25, -0.2) is 9.97 Å². The molecule has 18 rings (SSSR count). The third-order valence-corrected chi connectivity index (χ3v) is 35.2. The van der Waals surface area contributed by atoms with E-state index in [1.54, 1.807) is 41.3 Å². The molecule has 33 nitrogen and oxygen atoms in total. The summed E-state index contributed by atoms with van der Waals surface area (Å²) < 4.78 is 56.3. The van der Waals surface area contributed by atoms with Crippen molar-refractivity contribution in [3.8, 4) is 47.0 Å². The zero-order chi connectivity index (χ0) is 109. The lowest BCUT2D eigenvalue weighted by Gasteiger charge is -2.35. The molecule has 12 aliphatic rings. The van der Waals surface area contributed by atoms with Gasteiger partial charge in [0.1, 0.15) is 110 Å². The van der Waals surface area contributed by atoms with Crippen molar-refractivity contribution in [1.82, 2.24) is 29.7 Å². The molecule has 3 aliphatic heterocycles. The number of carbonyl (C=O) groups is 12. The topological polar surface area (TPSA) is 457 Å². The molecule has 3 saturated heterocycles. The van der Waals surface area contributed by atoms with Gasteiger partial charge in [0, 0.05) is 73.0 Å². The predicted octanol–water partition coefficient (Wildman–Crippen LogP) is 18.3. The van der Waals surface area contributed by atoms with Crippen molar-refractivity contribution in [2.45, 2.75) is 293 Å². The number of ketones is 3. The van der Waals surface area contributed by atoms with Gasteiger partial charge in [-0.15, -0.1) is 0 Å². The van der Waals surface area contributed by atoms with Crippen molar-refractivity contribution < 1.29 is 110 Å². The molecule has 0 spiro atoms. The number of nitriles is 3. The summed E-state index contributed by atoms with van der Waals surface area (Å²) in [5.41, 5.74) is -3.41. The van der Waals surface area contributed by atoms with Crippen LogP contribution in [0.2, 0.25) is 15.1 Å². The number of methoxy groups -OCH3 is 5. The van der Waals surface area contributed by atoms with E-state index in [2.05, 4.69) is 15.0 Å². The number of hydrogen-bond donors (Lipinski definition) is 2. The van der Waals surface area contributed by atoms with Crippen LogP contribution in [-0.4, -0.2) is 209 Å². The molecule has 3 amide bonds. The molecule has 2 N–H and O–H groups in total. The van der Waals surface area contributed by atoms with Crippen LogP contribution in [0.1, 0.15) is 261 Å². The number of benzene rings is 3. The molecule has 3 aromatic carbocycles. The van der Waals surface area contributed by atoms with Gasteiger partial charge in [-0.1, -0.05) is 144 Å². The highest BCUT2D eigenvalue weighted by Gasteiger charge is 2.65. The molecule has 24 atom stereocenters. The number of carboxylic acid groups (broad SMARTS) is 1. The number of fused-ring (bicyclic) bond motifs is 6. The SMILES string of the molecule is CC[C@@H]1C[C@]1(CC(=O)[C@@H]1C[C@@H](Oc2cc(C#N)nc3c(Cl)c(OC)ccc23)CN1C(=O)[C@@H](CC(=O)OC1C[C@@H]2C[C@@H]2C1)C(C)(C)C)C(=O)O.CC[C@@H]1C[C@]1(CC(=O)[C@@H]1C[C@@H](Oc2cc(C#N)nc3c(Cl)c(OC)ccc23)CN1C(=O)[C@@H](CC(=O)OC1C[C@@H]2C[C@@H]2C1)C(C)(C)C)C(=O)OC.CC[C@@H]1C[C@]1(CC(=O)[C@@H]1C[C@H](C)CN1C(=O)[C@@H](CC(=O)OC1C[C@@H]2C[C@@H]2C1)C(C)(C)C)C(=O)OC.COc1ccc2c(=O)cc(C#N)[nH]c2c1Cl. The molecule has 3 aromatic heterocycles. The van der Waals surface area contributed by atoms with Crippen LogP contribution in [0.25, 0.3) is 32.7 Å². The summed E-state index contributed by atoms with van der Waals surface area (Å²) in [5, 5.41) is 40.5. The van der Waals surface area contributed by atoms with Crippen LogP contribution in [0.3, 0.4) is 0 Å². The average molecular weight is 2130 g/mol. The number of pyridine rings is 3. The number of hydrogen-bond acceptors (Lipinski definition) is 28. The third kappa shape index (κ3) is 24.2. The highest BCUT2D eigenvalue weighted by atomic mass is 35.5. The number of nitrogens with zero attached hydrogens (tertiary/aromatic N) is 8. The second-order valence-corrected chi connectivity index (χ2v) is 48.3. The number of nitrogens with one attached hydrogen (secondary N) is 1. The number of amides is 3. The molecule has 0 bridgehead atoms. The number of carboxylic acids is 1. The number of likely N-dealkylation sites (tertiary alicyclic amines) is 3. The number of ether oxygens (including phenoxy) is 10. The standard InChI is InChI=1S/C38H46ClN3O8.C37H44ClN3O8.C28H43NO6.C11H7ClN2O2/c1-7-22-16-38(22,36(46)48-6)17-29(43)28-14-25(49-31-13-23(18-40)41-34-26(31)8-9-30(47-5)33(34)39)19-42(28)35(45)27(37(2,3)4)15-32(44)50-24-11-20-10-21(20)12-24;1-6-21-15-37(21,35(45)46)16-28(42)27-13-24(48-30-12-22(17-39)40-33-25(30)7-8-29(47-5)32(33)38)18-41(27)34(44)26(36(2,3)4)14-31(43)49-23-10-19-9-20(19)11-23;1-7-19-13-28(19,26(33)34-6)14-23(30)22-8-16(2)15-29(22)25(32)21(27(3,4)5)12-24(31)35-20-10-17-9-18(17)11-20;1-16-9-3-2-7-8(15)4-6(5-13)14-11(7)10(9)12/h8-9,13,20-22,24-25,27-28H,7,10-12,14-17,19H2,1-6H3;7-8,12,19-21,23-24,26-27H,6,9-11,13-16,18H2,1-5H3,(H,45,46);16-22H,7-15H2,1-6H3;2-4H,1H3,(H,14,15)/t20-,21+,22-,24?,25-,27-,28+,38-;19-,20+,21-,23?,24-,26-,27+,37-;16-,17-,18+,19+,20?,21+,22-,28+;/m110./s1. The fraction of sp³-hybridized carbons (Fsp3) is 0.632. The molecular weight excluding hydrogens is 1990 g/mol. The third-order valence-electron chi connectivity index (χ3n) is 34.1. The highest BCUT2D eigenvalue weighted by molar-refractivity contribution is 6.37. The molecule has 3 unspecified atom stereocenters. The van der Waals surface area contributed by atoms with E-state index in [9.17, 15) is 78.0 Å². The van der Waals surface area contributed by atoms with Crippen molar-refractivity contribution in [2.24, 2.45) is 109 Å². The lowest BCUT2D eigenvalue weighted by atomic mass is 9.77. The van der Waals surface area contributed by atoms with Crippen LogP contribution in [0, 0.1) is 143 Å². The number of halogens is 3. The Morgan fingerprint density at radius 3 is 1.07 bits per heavy atom. The van der Waals surface area contributed by atoms with E-state index in [0.29, 0.717) is 129 Å². The number of carbonyl (C=O) groups excluding carboxylic acids is 11. The van der Waals surface area contributed by atoms with Gasteiger partial charge in [0.25, 0.3) is 0 Å². The minimum atomic E-state index is -1.15. The van der Waals surface area contributed by atoms with Gasteiger partial charge in [0.15, 0.2) is 22.8 Å². The minimum absolute atomic E-state index is 0.0114. The number of Topliss-reactive ketones (excluding diaryl/α,β-unsaturated/α-hetero) is 3. The molecular formula is C114H140Cl3N9O24. The molecule has 12 fully saturated rings. The van der Waals surface area contributed by atoms with Crippen molar-refractivity contribution in [3.63, 3.8) is 0 Å². The van der Waals surface area contributed by atoms with E-state index < -0.39 is 104 Å². The van der Waals surface area contributed by atoms with E-state index in [-0.39, 0.29) is 186 Å². The monoisotopic (exact) mass is 2120 g/mol. The molecule has 9 aliphatic carbocycles. The molecule has 6 heterocycles. The summed E-state index contributed by atoms with van der Waals surface area (Å²) in [6.45, 7) is 25.8. The van der Waals surface area contributed by atoms with Crippen molar-refractivity contribution in [1.29, 1.82) is 15.8 Å². The Hall–Kier alpha value is -11.7. The first kappa shape index (κ1) is 112. The van der Waals surface area contributed by atoms with Gasteiger partial charge in [0.05, 0.1) is 137 Å². The van der Waals surface area contributed by atoms with E-state index in [0.717, 1.165) is 63.2 Å². The van der Waals surface area contributed by atoms with E-state index >= 15 is 0 Å². The van der Waals surface area contributed by atoms with Crippen LogP contribution in [-0.2, 0) is 81.2 Å². The van der Waals surface area contributed by atoms with Crippen LogP contribution in [0.5, 0.6) is 28.7 Å². The van der Waals surface area contributed by atoms with Gasteiger partial charge < -0.3 is 72.2 Å². The first-order valence-electron chi connectivity index (χ1n) is 52.7. The van der Waals surface area contributed by atoms with Crippen molar-refractivity contribution in [2.75, 3.05) is 55.2 Å². The van der Waals surface area contributed by atoms with Gasteiger partial charge in [-0.05, 0) is 195 Å². The summed E-state index contributed by atoms with van der Waals surface area (Å²) in [5.74, 6) is -0.440. The first-order chi connectivity index (χ1) is 71.0. The Bertz CT molecular complexity index is 6460. The molecule has 9 saturated carbocycles. The molecule has 6 aromatic rings. The van der Waals surface area contributed by atoms with Crippen molar-refractivity contribution >= 4 is 138 Å². The maximum Gasteiger partial charge on any atom is 0.312 e. The van der Waals surface area contributed by atoms with Gasteiger partial charge in [0.2, 0.25) is 17.7 Å². The zero-order valence-corrected chi connectivity index (χ0v) is 91.2. The normalized spacial score (nSPS) is 28.6. The molecule has 150 heavy (non-hydrogen) atoms. The number of aromatic amines is 1. The average Bonchev–Trinajstić information content (AvgIpc) is 1.58. The zero-order valence-electron chi connectivity index (χ0n) is 89.0. The predicted molar refractivity (Wildman–Crippen MR) is 553 cm³/mol. The number of aromatic nitrogens is 3. The van der Waals surface area contributed by atoms with Crippen molar-refractivity contribution in [3.05, 3.63) is 97.0 Å². The van der Waals surface area contributed by atoms with Gasteiger partial charge in [-0.2, -0.15) is 15.8 Å². The molecule has 806 valence electrons. The summed E-state index contributed by atoms with van der Waals surface area (Å²) in [6.07, 6.45) is 11.8. The summed E-state index contributed by atoms with van der Waals surface area (Å²) >= 11 is 19.2. The summed E-state index contributed by atoms with van der Waals surface area (Å²) in [7, 11) is 7.14. The largest absolute Gasteiger partial charge is 0.495 e. The fourth-order valence-electron chi connectivity index (χ4n) is 24.8. The number of aliphatic carboxylic acids is 1. The number of rotatable bonds is 34. The Morgan fingerprint density at radius 2 is 0.760 bits per heavy atom. The van der Waals surface area contributed by atoms with E-state index in [4.69, 9.17) is 87.4 Å². The Kier molecular flexibility index (Phi) is 33.6. The lowest BCUT2D eigenvalue weighted by Crippen LogP contribution is -2.48. The Balaban J connectivity index is 0.000000158. The molecule has 36 heteroatoms. The van der Waals surface area contributed by atoms with E-state index in [1.807, 2.05) is 108 Å². The first-order valence-corrected chi connectivity index (χ1v) is 53.9. The van der Waals surface area contributed by atoms with Gasteiger partial charge in [-0.3, -0.25) is 62.3 Å². The maximum absolute atomic E-state index is 14.6. The highest BCUT2D eigenvalue weighted by Crippen LogP contribution is 2.62. The molecule has 0 radical (unpaired) electrons.